The van der Waals surface area contributed by atoms with Gasteiger partial charge in [-0.3, -0.25) is 0 Å². The van der Waals surface area contributed by atoms with Gasteiger partial charge in [0, 0.05) is 5.33 Å². The van der Waals surface area contributed by atoms with Gasteiger partial charge < -0.3 is 0 Å². The highest BCUT2D eigenvalue weighted by Crippen LogP contribution is 2.14. The van der Waals surface area contributed by atoms with Gasteiger partial charge in [0.1, 0.15) is 0 Å². The number of alkyl halides is 1. The molecule has 0 bridgehead atoms. The maximum atomic E-state index is 3.46. The molecule has 0 aromatic heterocycles. The molecule has 0 N–H and O–H groups in total. The predicted molar refractivity (Wildman–Crippen MR) is 90.3 cm³/mol. The van der Waals surface area contributed by atoms with Crippen molar-refractivity contribution < 1.29 is 0 Å². The first-order valence-electron chi connectivity index (χ1n) is 7.32. The Kier molecular flexibility index (Phi) is 22.9. The van der Waals surface area contributed by atoms with Crippen LogP contribution in [0.2, 0.25) is 0 Å². The maximum absolute atomic E-state index is 3.46. The van der Waals surface area contributed by atoms with E-state index in [0.717, 1.165) is 0 Å². The van der Waals surface area contributed by atoms with E-state index in [0.29, 0.717) is 7.92 Å². The molecular weight excluding hydrogens is 291 g/mol. The molecule has 0 aromatic carbocycles. The summed E-state index contributed by atoms with van der Waals surface area (Å²) in [7, 11) is 0.380. The zero-order valence-corrected chi connectivity index (χ0v) is 15.1. The van der Waals surface area contributed by atoms with E-state index < -0.39 is 0 Å². The topological polar surface area (TPSA) is 0 Å². The summed E-state index contributed by atoms with van der Waals surface area (Å²) in [6.45, 7) is 8.97. The van der Waals surface area contributed by atoms with Crippen molar-refractivity contribution in [1.82, 2.24) is 0 Å². The van der Waals surface area contributed by atoms with Gasteiger partial charge in [0.2, 0.25) is 0 Å². The van der Waals surface area contributed by atoms with Gasteiger partial charge in [-0.15, -0.1) is 7.92 Å². The highest BCUT2D eigenvalue weighted by molar-refractivity contribution is 9.09. The Balaban J connectivity index is 0. The van der Waals surface area contributed by atoms with Gasteiger partial charge in [0.05, 0.1) is 0 Å². The Morgan fingerprint density at radius 3 is 1.24 bits per heavy atom. The molecule has 0 aliphatic rings. The molecule has 0 fully saturated rings. The van der Waals surface area contributed by atoms with Crippen molar-refractivity contribution in [1.29, 1.82) is 0 Å². The lowest BCUT2D eigenvalue weighted by atomic mass is 10.1. The van der Waals surface area contributed by atoms with Gasteiger partial charge in [-0.1, -0.05) is 80.6 Å². The Labute approximate surface area is 120 Å². The molecule has 0 aromatic rings. The molecule has 17 heavy (non-hydrogen) atoms. The Bertz CT molecular complexity index is 103. The predicted octanol–water partition coefficient (Wildman–Crippen LogP) is 6.66. The third-order valence-electron chi connectivity index (χ3n) is 2.49. The lowest BCUT2D eigenvalue weighted by molar-refractivity contribution is 0.563. The van der Waals surface area contributed by atoms with Crippen LogP contribution in [0.15, 0.2) is 0 Å². The third-order valence-corrected chi connectivity index (χ3v) is 3.05. The summed E-state index contributed by atoms with van der Waals surface area (Å²) in [6, 6.07) is 0. The molecule has 0 saturated carbocycles. The zero-order chi connectivity index (χ0) is 13.4. The molecule has 106 valence electrons. The lowest BCUT2D eigenvalue weighted by Gasteiger charge is -2.00. The average Bonchev–Trinajstić information content (AvgIpc) is 2.26. The summed E-state index contributed by atoms with van der Waals surface area (Å²) < 4.78 is 0. The fourth-order valence-electron chi connectivity index (χ4n) is 1.58. The van der Waals surface area contributed by atoms with Crippen LogP contribution in [0.3, 0.4) is 0 Å². The maximum Gasteiger partial charge on any atom is 0.00313 e. The highest BCUT2D eigenvalue weighted by Gasteiger charge is 1.91. The van der Waals surface area contributed by atoms with Gasteiger partial charge in [-0.25, -0.2) is 0 Å². The molecule has 0 radical (unpaired) electrons. The van der Waals surface area contributed by atoms with E-state index in [-0.39, 0.29) is 0 Å². The minimum atomic E-state index is 0.380. The van der Waals surface area contributed by atoms with Crippen molar-refractivity contribution >= 4 is 23.9 Å². The number of halogens is 1. The van der Waals surface area contributed by atoms with Crippen molar-refractivity contribution in [3.63, 3.8) is 0 Å². The van der Waals surface area contributed by atoms with Crippen molar-refractivity contribution in [3.8, 4) is 0 Å². The van der Waals surface area contributed by atoms with Crippen LogP contribution in [-0.4, -0.2) is 25.3 Å². The first-order chi connectivity index (χ1) is 8.15. The van der Waals surface area contributed by atoms with Crippen LogP contribution >= 0.6 is 23.9 Å². The van der Waals surface area contributed by atoms with Crippen LogP contribution in [-0.2, 0) is 0 Å². The molecular formula is C15H34BrP. The van der Waals surface area contributed by atoms with E-state index in [4.69, 9.17) is 0 Å². The number of rotatable bonds is 10. The molecule has 0 spiro atoms. The number of hydrogen-bond acceptors (Lipinski definition) is 0. The van der Waals surface area contributed by atoms with E-state index in [9.17, 15) is 0 Å². The molecule has 2 heteroatoms. The fraction of sp³-hybridized carbons (Fsp3) is 1.00. The molecule has 0 unspecified atom stereocenters. The number of unbranched alkanes of at least 4 members (excludes halogenated alkanes) is 9. The molecule has 0 amide bonds. The summed E-state index contributed by atoms with van der Waals surface area (Å²) in [4.78, 5) is 0. The monoisotopic (exact) mass is 324 g/mol. The second-order valence-electron chi connectivity index (χ2n) is 5.21. The van der Waals surface area contributed by atoms with Crippen LogP contribution in [0.25, 0.3) is 0 Å². The minimum absolute atomic E-state index is 0.380. The molecule has 0 atom stereocenters. The SMILES string of the molecule is CCCCCCCCCCCCBr.CP(C)C. The van der Waals surface area contributed by atoms with Crippen LogP contribution in [0.1, 0.15) is 71.1 Å². The summed E-state index contributed by atoms with van der Waals surface area (Å²) in [6.07, 6.45) is 14.3. The third kappa shape index (κ3) is 31.6. The van der Waals surface area contributed by atoms with Gasteiger partial charge >= 0.3 is 0 Å². The van der Waals surface area contributed by atoms with Crippen molar-refractivity contribution in [3.05, 3.63) is 0 Å². The van der Waals surface area contributed by atoms with Crippen molar-refractivity contribution in [2.45, 2.75) is 71.1 Å². The van der Waals surface area contributed by atoms with Gasteiger partial charge in [-0.2, -0.15) is 0 Å². The molecule has 0 nitrogen and oxygen atoms in total. The first kappa shape index (κ1) is 20.2. The fourth-order valence-corrected chi connectivity index (χ4v) is 1.98. The molecule has 0 saturated heterocycles. The Morgan fingerprint density at radius 2 is 0.941 bits per heavy atom. The van der Waals surface area contributed by atoms with Gasteiger partial charge in [0.15, 0.2) is 0 Å². The van der Waals surface area contributed by atoms with Crippen molar-refractivity contribution in [2.75, 3.05) is 25.3 Å². The summed E-state index contributed by atoms with van der Waals surface area (Å²) in [5, 5.41) is 1.18. The van der Waals surface area contributed by atoms with E-state index in [1.807, 2.05) is 0 Å². The van der Waals surface area contributed by atoms with Crippen molar-refractivity contribution in [2.24, 2.45) is 0 Å². The largest absolute Gasteiger partial charge is 0.116 e. The second kappa shape index (κ2) is 19.3. The first-order valence-corrected chi connectivity index (χ1v) is 11.1. The van der Waals surface area contributed by atoms with Crippen LogP contribution in [0.5, 0.6) is 0 Å². The molecule has 0 aliphatic heterocycles. The number of hydrogen-bond donors (Lipinski definition) is 0. The van der Waals surface area contributed by atoms with E-state index >= 15 is 0 Å². The summed E-state index contributed by atoms with van der Waals surface area (Å²) in [5.74, 6) is 0. The van der Waals surface area contributed by atoms with Gasteiger partial charge in [-0.05, 0) is 26.4 Å². The standard InChI is InChI=1S/C12H25Br.C3H9P/c1-2-3-4-5-6-7-8-9-10-11-12-13;1-4(2)3/h2-12H2,1H3;1-3H3. The lowest BCUT2D eigenvalue weighted by Crippen LogP contribution is -1.81. The van der Waals surface area contributed by atoms with Crippen LogP contribution in [0.4, 0.5) is 0 Å². The van der Waals surface area contributed by atoms with E-state index in [2.05, 4.69) is 42.8 Å². The van der Waals surface area contributed by atoms with E-state index in [1.54, 1.807) is 0 Å². The van der Waals surface area contributed by atoms with E-state index in [1.165, 1.54) is 69.5 Å². The normalized spacial score (nSPS) is 10.2. The second-order valence-corrected chi connectivity index (χ2v) is 8.69. The Morgan fingerprint density at radius 1 is 0.647 bits per heavy atom. The molecule has 0 aliphatic carbocycles. The van der Waals surface area contributed by atoms with Crippen LogP contribution < -0.4 is 0 Å². The zero-order valence-electron chi connectivity index (χ0n) is 12.6. The quantitative estimate of drug-likeness (QED) is 0.239. The highest BCUT2D eigenvalue weighted by atomic mass is 79.9. The van der Waals surface area contributed by atoms with Crippen LogP contribution in [0, 0.1) is 0 Å². The minimum Gasteiger partial charge on any atom is -0.116 e. The summed E-state index contributed by atoms with van der Waals surface area (Å²) in [5.41, 5.74) is 0. The molecule has 0 heterocycles. The summed E-state index contributed by atoms with van der Waals surface area (Å²) >= 11 is 3.46. The smallest absolute Gasteiger partial charge is 0.00313 e. The molecule has 0 rings (SSSR count). The van der Waals surface area contributed by atoms with Gasteiger partial charge in [0.25, 0.3) is 0 Å². The average molecular weight is 325 g/mol. The Hall–Kier alpha value is 0.910.